The van der Waals surface area contributed by atoms with E-state index in [0.29, 0.717) is 0 Å². The van der Waals surface area contributed by atoms with E-state index < -0.39 is 7.82 Å². The third kappa shape index (κ3) is 59.9. The van der Waals surface area contributed by atoms with Crippen molar-refractivity contribution < 1.29 is 19.2 Å². The van der Waals surface area contributed by atoms with Gasteiger partial charge in [-0.3, -0.25) is 0 Å². The first-order valence-corrected chi connectivity index (χ1v) is 2.35. The molecule has 0 spiro atoms. The van der Waals surface area contributed by atoms with E-state index in [0.717, 1.165) is 0 Å². The Morgan fingerprint density at radius 3 is 0.800 bits per heavy atom. The van der Waals surface area contributed by atoms with E-state index in [1.165, 1.54) is 0 Å². The zero-order chi connectivity index (χ0) is 4.50. The van der Waals surface area contributed by atoms with E-state index in [-0.39, 0.29) is 213 Å². The number of hydrogen-bond donors (Lipinski definition) is 3. The van der Waals surface area contributed by atoms with Gasteiger partial charge in [0.1, 0.15) is 0 Å². The molecule has 42 valence electrons. The summed E-state index contributed by atoms with van der Waals surface area (Å²) in [6.07, 6.45) is 0. The zero-order valence-corrected chi connectivity index (χ0v) is 3.09. The molecule has 0 fully saturated rings. The van der Waals surface area contributed by atoms with Crippen molar-refractivity contribution >= 4 is 221 Å². The molecule has 0 saturated carbocycles. The van der Waals surface area contributed by atoms with Gasteiger partial charge in [-0.25, -0.2) is 4.57 Å². The van der Waals surface area contributed by atoms with Gasteiger partial charge in [0.15, 0.2) is 0 Å². The van der Waals surface area contributed by atoms with Crippen LogP contribution in [0.15, 0.2) is 0 Å². The van der Waals surface area contributed by atoms with Gasteiger partial charge in [-0.15, -0.1) is 0 Å². The van der Waals surface area contributed by atoms with Crippen molar-refractivity contribution in [2.75, 3.05) is 0 Å². The average Bonchev–Trinajstić information content (AvgIpc) is 0.722. The Morgan fingerprint density at radius 2 is 0.800 bits per heavy atom. The number of hydrogen-bond acceptors (Lipinski definition) is 1. The summed E-state index contributed by atoms with van der Waals surface area (Å²) in [4.78, 5) is 21.6. The van der Waals surface area contributed by atoms with Crippen LogP contribution in [0.1, 0.15) is 0 Å². The van der Waals surface area contributed by atoms with Crippen LogP contribution in [-0.2, 0) is 4.57 Å². The third-order valence-corrected chi connectivity index (χ3v) is 0. The number of rotatable bonds is 0. The van der Waals surface area contributed by atoms with Gasteiger partial charge in [-0.05, 0) is 0 Å². The molecule has 0 aromatic heterocycles. The molecule has 0 aliphatic rings. The van der Waals surface area contributed by atoms with Crippen LogP contribution in [0.5, 0.6) is 0 Å². The van der Waals surface area contributed by atoms with Crippen LogP contribution in [-0.4, -0.2) is 228 Å². The van der Waals surface area contributed by atoms with Crippen LogP contribution in [0.25, 0.3) is 0 Å². The molecule has 0 bridgehead atoms. The van der Waals surface area contributed by atoms with Gasteiger partial charge in [0.05, 0.1) is 0 Å². The Morgan fingerprint density at radius 1 is 0.800 bits per heavy atom. The Balaban J connectivity index is -0.00000000800. The normalized spacial score (nSPS) is 5.90. The molecule has 0 aromatic rings. The van der Waals surface area contributed by atoms with Gasteiger partial charge < -0.3 is 14.7 Å². The molecule has 0 radical (unpaired) electrons. The first-order valence-electron chi connectivity index (χ1n) is 0.783. The SMILES string of the molecule is O=P(O)(O)O.[KH].[KH].[KH].[NaH].[NaH]. The minimum atomic E-state index is -4.64. The van der Waals surface area contributed by atoms with Crippen LogP contribution < -0.4 is 0 Å². The molecular weight excluding hydrogens is 258 g/mol. The molecule has 0 aliphatic heterocycles. The first-order chi connectivity index (χ1) is 2.00. The topological polar surface area (TPSA) is 77.8 Å². The minimum absolute atomic E-state index is 0. The molecular formula is H8K3Na2O4P. The molecule has 0 rings (SSSR count). The van der Waals surface area contributed by atoms with Gasteiger partial charge >= 0.3 is 221 Å². The second-order valence-electron chi connectivity index (χ2n) is 0.513. The summed E-state index contributed by atoms with van der Waals surface area (Å²) in [6, 6.07) is 0. The Labute approximate surface area is 232 Å². The van der Waals surface area contributed by atoms with Crippen LogP contribution in [0.3, 0.4) is 0 Å². The van der Waals surface area contributed by atoms with Crippen LogP contribution in [0.4, 0.5) is 0 Å². The van der Waals surface area contributed by atoms with E-state index >= 15 is 0 Å². The molecule has 3 N–H and O–H groups in total. The molecule has 0 aliphatic carbocycles. The maximum absolute atomic E-state index is 8.88. The molecule has 0 unspecified atom stereocenters. The molecule has 0 saturated heterocycles. The summed E-state index contributed by atoms with van der Waals surface area (Å²) in [6.45, 7) is 0. The van der Waals surface area contributed by atoms with Crippen molar-refractivity contribution in [2.45, 2.75) is 0 Å². The van der Waals surface area contributed by atoms with Crippen molar-refractivity contribution in [2.24, 2.45) is 0 Å². The second kappa shape index (κ2) is 21.3. The summed E-state index contributed by atoms with van der Waals surface area (Å²) in [5.74, 6) is 0. The van der Waals surface area contributed by atoms with E-state index in [1.54, 1.807) is 0 Å². The van der Waals surface area contributed by atoms with E-state index in [1.807, 2.05) is 0 Å². The molecule has 0 heterocycles. The maximum atomic E-state index is 8.88. The van der Waals surface area contributed by atoms with Crippen molar-refractivity contribution in [1.82, 2.24) is 0 Å². The van der Waals surface area contributed by atoms with E-state index in [4.69, 9.17) is 19.2 Å². The Kier molecular flexibility index (Phi) is 76.7. The fraction of sp³-hybridized carbons (Fsp3) is 0. The molecule has 10 heavy (non-hydrogen) atoms. The van der Waals surface area contributed by atoms with Crippen LogP contribution >= 0.6 is 7.82 Å². The van der Waals surface area contributed by atoms with Crippen molar-refractivity contribution in [3.05, 3.63) is 0 Å². The third-order valence-electron chi connectivity index (χ3n) is 0. The van der Waals surface area contributed by atoms with Gasteiger partial charge in [-0.1, -0.05) is 0 Å². The van der Waals surface area contributed by atoms with Crippen molar-refractivity contribution in [1.29, 1.82) is 0 Å². The van der Waals surface area contributed by atoms with E-state index in [9.17, 15) is 0 Å². The summed E-state index contributed by atoms with van der Waals surface area (Å²) in [5.41, 5.74) is 0. The van der Waals surface area contributed by atoms with Crippen LogP contribution in [0, 0.1) is 0 Å². The second-order valence-corrected chi connectivity index (χ2v) is 1.54. The fourth-order valence-electron chi connectivity index (χ4n) is 0. The molecule has 10 heteroatoms. The van der Waals surface area contributed by atoms with Crippen LogP contribution in [0.2, 0.25) is 0 Å². The summed E-state index contributed by atoms with van der Waals surface area (Å²) in [7, 11) is -4.64. The zero-order valence-electron chi connectivity index (χ0n) is 2.20. The predicted molar refractivity (Wildman–Crippen MR) is 50.0 cm³/mol. The summed E-state index contributed by atoms with van der Waals surface area (Å²) >= 11 is 0. The Bertz CT molecular complexity index is 64.6. The van der Waals surface area contributed by atoms with Gasteiger partial charge in [0, 0.05) is 0 Å². The van der Waals surface area contributed by atoms with E-state index in [2.05, 4.69) is 0 Å². The van der Waals surface area contributed by atoms with Gasteiger partial charge in [0.25, 0.3) is 0 Å². The van der Waals surface area contributed by atoms with Gasteiger partial charge in [-0.2, -0.15) is 0 Å². The predicted octanol–water partition coefficient (Wildman–Crippen LogP) is -4.17. The molecule has 0 aromatic carbocycles. The summed E-state index contributed by atoms with van der Waals surface area (Å²) < 4.78 is 8.88. The molecule has 0 atom stereocenters. The standard InChI is InChI=1S/3K.2Na.H3O4P.5H/c;;;;;1-5(2,3)4;;;;;/h;;;;;(H3,1,2,3,4);;;;;. The number of phosphoric acid groups is 1. The molecule has 0 amide bonds. The first kappa shape index (κ1) is 36.0. The van der Waals surface area contributed by atoms with Crippen molar-refractivity contribution in [3.63, 3.8) is 0 Å². The summed E-state index contributed by atoms with van der Waals surface area (Å²) in [5, 5.41) is 0. The Hall–Kier alpha value is 7.02. The quantitative estimate of drug-likeness (QED) is 0.307. The van der Waals surface area contributed by atoms with Gasteiger partial charge in [0.2, 0.25) is 0 Å². The monoisotopic (exact) mass is 266 g/mol. The van der Waals surface area contributed by atoms with Crippen molar-refractivity contribution in [3.8, 4) is 0 Å². The molecule has 4 nitrogen and oxygen atoms in total. The average molecular weight is 266 g/mol. The fourth-order valence-corrected chi connectivity index (χ4v) is 0.